The molecule has 1 aliphatic rings. The van der Waals surface area contributed by atoms with Crippen molar-refractivity contribution in [2.24, 2.45) is 0 Å². The number of nitrogens with one attached hydrogen (secondary N) is 1. The molecule has 0 saturated carbocycles. The van der Waals surface area contributed by atoms with Crippen LogP contribution in [0.2, 0.25) is 0 Å². The van der Waals surface area contributed by atoms with Crippen molar-refractivity contribution < 1.29 is 61.6 Å². The maximum atomic E-state index is 11.4. The number of carbonyl (C=O) groups is 3. The Hall–Kier alpha value is -1.19. The maximum absolute atomic E-state index is 11.4. The van der Waals surface area contributed by atoms with Gasteiger partial charge in [0.1, 0.15) is 12.5 Å². The molecule has 0 aromatic carbocycles. The van der Waals surface area contributed by atoms with Gasteiger partial charge in [0.2, 0.25) is 5.91 Å². The van der Waals surface area contributed by atoms with Crippen molar-refractivity contribution in [3.63, 3.8) is 0 Å². The van der Waals surface area contributed by atoms with Crippen molar-refractivity contribution in [1.82, 2.24) is 9.62 Å². The van der Waals surface area contributed by atoms with Crippen LogP contribution in [0, 0.1) is 11.3 Å². The Morgan fingerprint density at radius 2 is 2.10 bits per heavy atom. The van der Waals surface area contributed by atoms with Crippen LogP contribution in [0.4, 0.5) is 0 Å². The molecule has 0 radical (unpaired) electrons. The van der Waals surface area contributed by atoms with Crippen LogP contribution in [0.25, 0.3) is 0 Å². The van der Waals surface area contributed by atoms with Crippen molar-refractivity contribution in [3.05, 3.63) is 0 Å². The summed E-state index contributed by atoms with van der Waals surface area (Å²) < 4.78 is 36.4. The number of β-lactam (4-membered cyclic amide) rings is 1. The Morgan fingerprint density at radius 1 is 1.55 bits per heavy atom. The third-order valence-corrected chi connectivity index (χ3v) is 3.18. The van der Waals surface area contributed by atoms with Gasteiger partial charge in [0.15, 0.2) is 16.3 Å². The molecule has 0 unspecified atom stereocenters. The summed E-state index contributed by atoms with van der Waals surface area (Å²) in [4.78, 5) is 33.9. The van der Waals surface area contributed by atoms with E-state index in [1.54, 1.807) is 0 Å². The smallest absolute Gasteiger partial charge is 0.731 e. The number of rotatable bonds is 4. The molecule has 1 rings (SSSR count). The van der Waals surface area contributed by atoms with Crippen molar-refractivity contribution in [2.75, 3.05) is 7.11 Å². The van der Waals surface area contributed by atoms with Gasteiger partial charge >= 0.3 is 35.5 Å². The van der Waals surface area contributed by atoms with E-state index in [0.29, 0.717) is 0 Å². The number of esters is 1. The maximum Gasteiger partial charge on any atom is 1.00 e. The standard InChI is InChI=1S/C8H9N3O7S.Na/c1-18-8(14)6-5(10-4(12)2-3-9)7(13)11(6)19(15,16)17;/h5-6H,2H2,1H3,(H,10,12)(H,15,16,17);/q;+1/p-1/t5-,6-;/m1./s1. The fraction of sp³-hybridized carbons (Fsp3) is 0.500. The Balaban J connectivity index is 0.00000361. The second-order valence-corrected chi connectivity index (χ2v) is 4.69. The first-order chi connectivity index (χ1) is 8.73. The van der Waals surface area contributed by atoms with E-state index >= 15 is 0 Å². The first-order valence-corrected chi connectivity index (χ1v) is 6.13. The summed E-state index contributed by atoms with van der Waals surface area (Å²) in [6, 6.07) is -1.78. The normalized spacial score (nSPS) is 21.1. The molecule has 0 aromatic heterocycles. The molecule has 0 aromatic rings. The van der Waals surface area contributed by atoms with Crippen LogP contribution in [0.15, 0.2) is 0 Å². The van der Waals surface area contributed by atoms with E-state index in [-0.39, 0.29) is 33.9 Å². The van der Waals surface area contributed by atoms with Gasteiger partial charge < -0.3 is 14.6 Å². The number of ether oxygens (including phenoxy) is 1. The van der Waals surface area contributed by atoms with Gasteiger partial charge in [0.25, 0.3) is 5.91 Å². The molecule has 0 aliphatic carbocycles. The van der Waals surface area contributed by atoms with Crippen LogP contribution in [0.1, 0.15) is 6.42 Å². The largest absolute Gasteiger partial charge is 1.00 e. The van der Waals surface area contributed by atoms with Crippen molar-refractivity contribution in [2.45, 2.75) is 18.5 Å². The third-order valence-electron chi connectivity index (χ3n) is 2.29. The van der Waals surface area contributed by atoms with Crippen LogP contribution in [-0.2, 0) is 29.4 Å². The van der Waals surface area contributed by atoms with Gasteiger partial charge in [-0.15, -0.1) is 0 Å². The molecule has 1 N–H and O–H groups in total. The zero-order valence-electron chi connectivity index (χ0n) is 10.5. The molecule has 1 fully saturated rings. The van der Waals surface area contributed by atoms with E-state index < -0.39 is 46.6 Å². The van der Waals surface area contributed by atoms with Gasteiger partial charge in [-0.2, -0.15) is 5.26 Å². The minimum absolute atomic E-state index is 0. The minimum Gasteiger partial charge on any atom is -0.731 e. The van der Waals surface area contributed by atoms with Gasteiger partial charge in [-0.1, -0.05) is 0 Å². The van der Waals surface area contributed by atoms with Crippen LogP contribution in [0.3, 0.4) is 0 Å². The molecule has 104 valence electrons. The molecule has 1 aliphatic heterocycles. The molecule has 20 heavy (non-hydrogen) atoms. The third kappa shape index (κ3) is 3.68. The van der Waals surface area contributed by atoms with E-state index in [9.17, 15) is 27.4 Å². The molecular weight excluding hydrogens is 305 g/mol. The molecule has 12 heteroatoms. The van der Waals surface area contributed by atoms with Crippen LogP contribution < -0.4 is 34.9 Å². The number of hydrogen-bond acceptors (Lipinski definition) is 8. The van der Waals surface area contributed by atoms with Gasteiger partial charge in [-0.3, -0.25) is 9.59 Å². The van der Waals surface area contributed by atoms with Gasteiger partial charge in [-0.05, 0) is 0 Å². The van der Waals surface area contributed by atoms with E-state index in [1.165, 1.54) is 6.07 Å². The zero-order valence-corrected chi connectivity index (χ0v) is 13.3. The van der Waals surface area contributed by atoms with Crippen molar-refractivity contribution in [1.29, 1.82) is 5.26 Å². The number of carbonyl (C=O) groups excluding carboxylic acids is 3. The topological polar surface area (TPSA) is 157 Å². The Labute approximate surface area is 136 Å². The second-order valence-electron chi connectivity index (χ2n) is 3.44. The molecule has 10 nitrogen and oxygen atoms in total. The summed E-state index contributed by atoms with van der Waals surface area (Å²) in [5, 5.41) is 10.2. The zero-order chi connectivity index (χ0) is 14.8. The van der Waals surface area contributed by atoms with Crippen LogP contribution >= 0.6 is 0 Å². The summed E-state index contributed by atoms with van der Waals surface area (Å²) in [7, 11) is -4.26. The van der Waals surface area contributed by atoms with Gasteiger partial charge in [0.05, 0.1) is 13.2 Å². The van der Waals surface area contributed by atoms with Crippen molar-refractivity contribution in [3.8, 4) is 6.07 Å². The second kappa shape index (κ2) is 7.00. The average molecular weight is 313 g/mol. The summed E-state index contributed by atoms with van der Waals surface area (Å²) >= 11 is 0. The number of amides is 2. The quantitative estimate of drug-likeness (QED) is 0.233. The molecule has 2 atom stereocenters. The number of hydrogen-bond donors (Lipinski definition) is 1. The Kier molecular flexibility index (Phi) is 6.59. The summed E-state index contributed by atoms with van der Waals surface area (Å²) in [5.74, 6) is -3.30. The molecule has 1 heterocycles. The molecule has 1 saturated heterocycles. The summed E-state index contributed by atoms with van der Waals surface area (Å²) in [6.07, 6.45) is -0.582. The fourth-order valence-corrected chi connectivity index (χ4v) is 2.32. The van der Waals surface area contributed by atoms with E-state index in [1.807, 2.05) is 5.32 Å². The SMILES string of the molecule is COC(=O)[C@H]1[C@@H](NC(=O)CC#N)C(=O)N1S(=O)(=O)[O-].[Na+]. The number of nitrogens with zero attached hydrogens (tertiary/aromatic N) is 2. The molecule has 0 spiro atoms. The van der Waals surface area contributed by atoms with Gasteiger partial charge in [0, 0.05) is 0 Å². The number of methoxy groups -OCH3 is 1. The predicted octanol–water partition coefficient (Wildman–Crippen LogP) is -5.77. The average Bonchev–Trinajstić information content (AvgIpc) is 2.30. The Bertz CT molecular complexity index is 569. The first-order valence-electron chi connectivity index (χ1n) is 4.77. The molecular formula is C8H8N3NaO7S. The molecule has 0 bridgehead atoms. The molecule has 2 amide bonds. The van der Waals surface area contributed by atoms with Crippen LogP contribution in [0.5, 0.6) is 0 Å². The summed E-state index contributed by atoms with van der Waals surface area (Å²) in [6.45, 7) is 0. The van der Waals surface area contributed by atoms with E-state index in [4.69, 9.17) is 5.26 Å². The first kappa shape index (κ1) is 18.8. The number of nitriles is 1. The van der Waals surface area contributed by atoms with E-state index in [2.05, 4.69) is 4.74 Å². The van der Waals surface area contributed by atoms with Crippen molar-refractivity contribution >= 4 is 28.1 Å². The minimum atomic E-state index is -5.18. The van der Waals surface area contributed by atoms with Gasteiger partial charge in [-0.25, -0.2) is 17.5 Å². The summed E-state index contributed by atoms with van der Waals surface area (Å²) in [5.41, 5.74) is 0. The fourth-order valence-electron chi connectivity index (χ4n) is 1.50. The van der Waals surface area contributed by atoms with Crippen LogP contribution in [-0.4, -0.2) is 54.3 Å². The predicted molar refractivity (Wildman–Crippen MR) is 54.5 cm³/mol. The Morgan fingerprint density at radius 3 is 2.50 bits per heavy atom. The monoisotopic (exact) mass is 313 g/mol. The van der Waals surface area contributed by atoms with E-state index in [0.717, 1.165) is 7.11 Å².